The summed E-state index contributed by atoms with van der Waals surface area (Å²) >= 11 is 0. The van der Waals surface area contributed by atoms with Gasteiger partial charge in [-0.2, -0.15) is 0 Å². The number of carbonyl (C=O) groups excluding carboxylic acids is 1. The number of aromatic nitrogens is 2. The van der Waals surface area contributed by atoms with E-state index < -0.39 is 0 Å². The molecular formula is C19H21N3O3. The third-order valence-electron chi connectivity index (χ3n) is 5.17. The van der Waals surface area contributed by atoms with Crippen LogP contribution in [0.2, 0.25) is 0 Å². The Labute approximate surface area is 146 Å². The second-order valence-corrected chi connectivity index (χ2v) is 6.79. The summed E-state index contributed by atoms with van der Waals surface area (Å²) in [6, 6.07) is 9.17. The molecular weight excluding hydrogens is 318 g/mol. The van der Waals surface area contributed by atoms with Gasteiger partial charge < -0.3 is 14.4 Å². The number of esters is 1. The SMILES string of the molecule is COC(=O)c1ccc(-c2ccnc(N3CCC4(CC3)COC4)n2)cc1. The van der Waals surface area contributed by atoms with Gasteiger partial charge in [-0.25, -0.2) is 14.8 Å². The van der Waals surface area contributed by atoms with Crippen molar-refractivity contribution in [1.82, 2.24) is 9.97 Å². The van der Waals surface area contributed by atoms with Crippen LogP contribution in [0.25, 0.3) is 11.3 Å². The number of carbonyl (C=O) groups is 1. The Hall–Kier alpha value is -2.47. The van der Waals surface area contributed by atoms with E-state index in [1.165, 1.54) is 7.11 Å². The van der Waals surface area contributed by atoms with Gasteiger partial charge in [-0.3, -0.25) is 0 Å². The third kappa shape index (κ3) is 3.09. The average molecular weight is 339 g/mol. The average Bonchev–Trinajstić information content (AvgIpc) is 2.66. The molecule has 4 rings (SSSR count). The van der Waals surface area contributed by atoms with Crippen molar-refractivity contribution in [2.24, 2.45) is 5.41 Å². The summed E-state index contributed by atoms with van der Waals surface area (Å²) in [4.78, 5) is 23.0. The van der Waals surface area contributed by atoms with Crippen LogP contribution in [0, 0.1) is 5.41 Å². The number of benzene rings is 1. The monoisotopic (exact) mass is 339 g/mol. The first kappa shape index (κ1) is 16.0. The van der Waals surface area contributed by atoms with E-state index in [1.54, 1.807) is 18.3 Å². The number of ether oxygens (including phenoxy) is 2. The third-order valence-corrected chi connectivity index (χ3v) is 5.17. The predicted molar refractivity (Wildman–Crippen MR) is 93.5 cm³/mol. The Kier molecular flexibility index (Phi) is 4.13. The Bertz CT molecular complexity index is 762. The summed E-state index contributed by atoms with van der Waals surface area (Å²) in [5, 5.41) is 0. The molecule has 0 bridgehead atoms. The van der Waals surface area contributed by atoms with E-state index in [-0.39, 0.29) is 5.97 Å². The van der Waals surface area contributed by atoms with Crippen molar-refractivity contribution in [3.63, 3.8) is 0 Å². The number of hydrogen-bond donors (Lipinski definition) is 0. The van der Waals surface area contributed by atoms with Crippen molar-refractivity contribution < 1.29 is 14.3 Å². The molecule has 1 spiro atoms. The fourth-order valence-electron chi connectivity index (χ4n) is 3.42. The van der Waals surface area contributed by atoms with Crippen molar-refractivity contribution >= 4 is 11.9 Å². The fourth-order valence-corrected chi connectivity index (χ4v) is 3.42. The van der Waals surface area contributed by atoms with Crippen LogP contribution in [-0.2, 0) is 9.47 Å². The lowest BCUT2D eigenvalue weighted by Crippen LogP contribution is -2.51. The summed E-state index contributed by atoms with van der Waals surface area (Å²) in [6.45, 7) is 3.73. The molecule has 6 heteroatoms. The molecule has 0 atom stereocenters. The second-order valence-electron chi connectivity index (χ2n) is 6.79. The quantitative estimate of drug-likeness (QED) is 0.801. The first-order chi connectivity index (χ1) is 12.2. The van der Waals surface area contributed by atoms with Crippen molar-refractivity contribution in [2.75, 3.05) is 38.3 Å². The van der Waals surface area contributed by atoms with Gasteiger partial charge in [0.25, 0.3) is 0 Å². The maximum atomic E-state index is 11.5. The van der Waals surface area contributed by atoms with Gasteiger partial charge in [0, 0.05) is 30.3 Å². The van der Waals surface area contributed by atoms with Crippen molar-refractivity contribution in [2.45, 2.75) is 12.8 Å². The highest BCUT2D eigenvalue weighted by Crippen LogP contribution is 2.39. The smallest absolute Gasteiger partial charge is 0.337 e. The Morgan fingerprint density at radius 2 is 1.88 bits per heavy atom. The fraction of sp³-hybridized carbons (Fsp3) is 0.421. The molecule has 0 unspecified atom stereocenters. The Morgan fingerprint density at radius 3 is 2.48 bits per heavy atom. The van der Waals surface area contributed by atoms with E-state index in [9.17, 15) is 4.79 Å². The van der Waals surface area contributed by atoms with Crippen LogP contribution >= 0.6 is 0 Å². The molecule has 0 amide bonds. The molecule has 0 aliphatic carbocycles. The van der Waals surface area contributed by atoms with Crippen LogP contribution in [0.1, 0.15) is 23.2 Å². The van der Waals surface area contributed by atoms with E-state index in [2.05, 4.69) is 9.88 Å². The number of rotatable bonds is 3. The Balaban J connectivity index is 1.50. The number of nitrogens with zero attached hydrogens (tertiary/aromatic N) is 3. The summed E-state index contributed by atoms with van der Waals surface area (Å²) in [6.07, 6.45) is 4.06. The molecule has 25 heavy (non-hydrogen) atoms. The van der Waals surface area contributed by atoms with Gasteiger partial charge in [-0.05, 0) is 31.0 Å². The molecule has 2 fully saturated rings. The normalized spacial score (nSPS) is 18.7. The zero-order chi connectivity index (χ0) is 17.3. The first-order valence-electron chi connectivity index (χ1n) is 8.54. The van der Waals surface area contributed by atoms with Crippen LogP contribution in [0.5, 0.6) is 0 Å². The lowest BCUT2D eigenvalue weighted by molar-refractivity contribution is -0.124. The summed E-state index contributed by atoms with van der Waals surface area (Å²) < 4.78 is 10.1. The van der Waals surface area contributed by atoms with E-state index >= 15 is 0 Å². The highest BCUT2D eigenvalue weighted by atomic mass is 16.5. The van der Waals surface area contributed by atoms with Crippen LogP contribution in [0.4, 0.5) is 5.95 Å². The molecule has 0 N–H and O–H groups in total. The van der Waals surface area contributed by atoms with E-state index in [0.29, 0.717) is 11.0 Å². The molecule has 2 saturated heterocycles. The lowest BCUT2D eigenvalue weighted by Gasteiger charge is -2.47. The molecule has 3 heterocycles. The minimum atomic E-state index is -0.336. The minimum Gasteiger partial charge on any atom is -0.465 e. The van der Waals surface area contributed by atoms with Gasteiger partial charge in [0.05, 0.1) is 31.6 Å². The van der Waals surface area contributed by atoms with Crippen LogP contribution < -0.4 is 4.90 Å². The molecule has 130 valence electrons. The molecule has 2 aliphatic heterocycles. The van der Waals surface area contributed by atoms with Gasteiger partial charge in [0.2, 0.25) is 5.95 Å². The standard InChI is InChI=1S/C19H21N3O3/c1-24-17(23)15-4-2-14(3-5-15)16-6-9-20-18(21-16)22-10-7-19(8-11-22)12-25-13-19/h2-6,9H,7-8,10-13H2,1H3. The molecule has 2 aliphatic rings. The zero-order valence-electron chi connectivity index (χ0n) is 14.3. The van der Waals surface area contributed by atoms with Gasteiger partial charge in [0.1, 0.15) is 0 Å². The summed E-state index contributed by atoms with van der Waals surface area (Å²) in [5.41, 5.74) is 2.74. The van der Waals surface area contributed by atoms with E-state index in [0.717, 1.165) is 56.4 Å². The lowest BCUT2D eigenvalue weighted by atomic mass is 9.77. The van der Waals surface area contributed by atoms with Crippen LogP contribution in [-0.4, -0.2) is 49.4 Å². The maximum Gasteiger partial charge on any atom is 0.337 e. The largest absolute Gasteiger partial charge is 0.465 e. The number of piperidine rings is 1. The predicted octanol–water partition coefficient (Wildman–Crippen LogP) is 2.55. The number of anilines is 1. The van der Waals surface area contributed by atoms with Gasteiger partial charge in [-0.15, -0.1) is 0 Å². The van der Waals surface area contributed by atoms with Crippen molar-refractivity contribution in [1.29, 1.82) is 0 Å². The van der Waals surface area contributed by atoms with Crippen molar-refractivity contribution in [3.05, 3.63) is 42.1 Å². The molecule has 6 nitrogen and oxygen atoms in total. The summed E-state index contributed by atoms with van der Waals surface area (Å²) in [7, 11) is 1.38. The van der Waals surface area contributed by atoms with Crippen LogP contribution in [0.3, 0.4) is 0 Å². The topological polar surface area (TPSA) is 64.5 Å². The van der Waals surface area contributed by atoms with E-state index in [1.807, 2.05) is 18.2 Å². The molecule has 0 saturated carbocycles. The summed E-state index contributed by atoms with van der Waals surface area (Å²) in [5.74, 6) is 0.432. The maximum absolute atomic E-state index is 11.5. The zero-order valence-corrected chi connectivity index (χ0v) is 14.3. The van der Waals surface area contributed by atoms with Gasteiger partial charge in [-0.1, -0.05) is 12.1 Å². The highest BCUT2D eigenvalue weighted by Gasteiger charge is 2.41. The van der Waals surface area contributed by atoms with Crippen LogP contribution in [0.15, 0.2) is 36.5 Å². The minimum absolute atomic E-state index is 0.336. The Morgan fingerprint density at radius 1 is 1.16 bits per heavy atom. The van der Waals surface area contributed by atoms with Crippen molar-refractivity contribution in [3.8, 4) is 11.3 Å². The molecule has 1 aromatic carbocycles. The van der Waals surface area contributed by atoms with Gasteiger partial charge in [0.15, 0.2) is 0 Å². The second kappa shape index (κ2) is 6.44. The molecule has 2 aromatic rings. The number of methoxy groups -OCH3 is 1. The molecule has 0 radical (unpaired) electrons. The number of hydrogen-bond acceptors (Lipinski definition) is 6. The molecule has 1 aromatic heterocycles. The van der Waals surface area contributed by atoms with Gasteiger partial charge >= 0.3 is 5.97 Å². The highest BCUT2D eigenvalue weighted by molar-refractivity contribution is 5.89. The first-order valence-corrected chi connectivity index (χ1v) is 8.54. The van der Waals surface area contributed by atoms with E-state index in [4.69, 9.17) is 14.5 Å².